The number of nitrogens with one attached hydrogen (secondary N) is 1. The molecule has 2 rings (SSSR count). The third kappa shape index (κ3) is 3.73. The van der Waals surface area contributed by atoms with Gasteiger partial charge in [-0.3, -0.25) is 4.79 Å². The molecular formula is C13H16BrFN2O2. The van der Waals surface area contributed by atoms with Crippen LogP contribution < -0.4 is 5.32 Å². The van der Waals surface area contributed by atoms with Gasteiger partial charge in [0.25, 0.3) is 5.91 Å². The first-order valence-corrected chi connectivity index (χ1v) is 7.11. The first-order valence-electron chi connectivity index (χ1n) is 6.32. The summed E-state index contributed by atoms with van der Waals surface area (Å²) in [6.45, 7) is 0.223. The van der Waals surface area contributed by atoms with E-state index in [1.165, 1.54) is 12.3 Å². The van der Waals surface area contributed by atoms with E-state index in [0.29, 0.717) is 12.8 Å². The van der Waals surface area contributed by atoms with Crippen molar-refractivity contribution in [1.29, 1.82) is 0 Å². The van der Waals surface area contributed by atoms with E-state index < -0.39 is 11.5 Å². The van der Waals surface area contributed by atoms with Crippen LogP contribution in [0.5, 0.6) is 0 Å². The minimum Gasteiger partial charge on any atom is -0.388 e. The van der Waals surface area contributed by atoms with Crippen LogP contribution in [-0.4, -0.2) is 28.1 Å². The summed E-state index contributed by atoms with van der Waals surface area (Å²) in [6, 6.07) is 1.38. The smallest absolute Gasteiger partial charge is 0.252 e. The second-order valence-electron chi connectivity index (χ2n) is 4.96. The molecule has 0 aliphatic heterocycles. The molecule has 1 amide bonds. The Morgan fingerprint density at radius 1 is 1.47 bits per heavy atom. The van der Waals surface area contributed by atoms with E-state index in [-0.39, 0.29) is 22.5 Å². The van der Waals surface area contributed by atoms with Gasteiger partial charge in [-0.1, -0.05) is 19.3 Å². The van der Waals surface area contributed by atoms with Gasteiger partial charge in [0.15, 0.2) is 0 Å². The van der Waals surface area contributed by atoms with Gasteiger partial charge in [0.05, 0.1) is 15.6 Å². The number of nitrogens with zero attached hydrogens (tertiary/aromatic N) is 1. The van der Waals surface area contributed by atoms with E-state index in [0.717, 1.165) is 19.3 Å². The minimum atomic E-state index is -0.807. The van der Waals surface area contributed by atoms with Crippen molar-refractivity contribution >= 4 is 21.8 Å². The van der Waals surface area contributed by atoms with Crippen LogP contribution in [0.4, 0.5) is 4.39 Å². The molecule has 0 bridgehead atoms. The highest BCUT2D eigenvalue weighted by atomic mass is 79.9. The van der Waals surface area contributed by atoms with Gasteiger partial charge < -0.3 is 10.4 Å². The van der Waals surface area contributed by atoms with Gasteiger partial charge in [-0.25, -0.2) is 4.98 Å². The highest BCUT2D eigenvalue weighted by Crippen LogP contribution is 2.27. The van der Waals surface area contributed by atoms with Crippen LogP contribution in [0.25, 0.3) is 0 Å². The number of carbonyl (C=O) groups excluding carboxylic acids is 1. The molecule has 1 aliphatic carbocycles. The maximum atomic E-state index is 13.0. The monoisotopic (exact) mass is 330 g/mol. The summed E-state index contributed by atoms with van der Waals surface area (Å²) >= 11 is 2.99. The molecule has 1 heterocycles. The lowest BCUT2D eigenvalue weighted by atomic mass is 9.85. The number of hydrogen-bond donors (Lipinski definition) is 2. The standard InChI is InChI=1S/C13H16BrFN2O2/c14-10-6-9(7-16-11(10)15)12(18)17-8-13(19)4-2-1-3-5-13/h6-7,19H,1-5,8H2,(H,17,18). The van der Waals surface area contributed by atoms with Gasteiger partial charge in [-0.2, -0.15) is 4.39 Å². The topological polar surface area (TPSA) is 62.2 Å². The zero-order chi connectivity index (χ0) is 13.9. The Kier molecular flexibility index (Phi) is 4.52. The quantitative estimate of drug-likeness (QED) is 0.836. The molecule has 1 saturated carbocycles. The van der Waals surface area contributed by atoms with E-state index in [2.05, 4.69) is 26.2 Å². The first-order chi connectivity index (χ1) is 9.00. The molecule has 104 valence electrons. The molecule has 0 spiro atoms. The minimum absolute atomic E-state index is 0.150. The summed E-state index contributed by atoms with van der Waals surface area (Å²) in [5.74, 6) is -1.00. The molecule has 0 aromatic carbocycles. The summed E-state index contributed by atoms with van der Waals surface area (Å²) < 4.78 is 13.1. The third-order valence-electron chi connectivity index (χ3n) is 3.42. The number of rotatable bonds is 3. The number of hydrogen-bond acceptors (Lipinski definition) is 3. The summed E-state index contributed by atoms with van der Waals surface area (Å²) in [4.78, 5) is 15.4. The van der Waals surface area contributed by atoms with E-state index in [1.807, 2.05) is 0 Å². The zero-order valence-electron chi connectivity index (χ0n) is 10.5. The predicted octanol–water partition coefficient (Wildman–Crippen LogP) is 2.41. The van der Waals surface area contributed by atoms with Crippen LogP contribution in [-0.2, 0) is 0 Å². The summed E-state index contributed by atoms with van der Waals surface area (Å²) in [5, 5.41) is 12.9. The van der Waals surface area contributed by atoms with Crippen molar-refractivity contribution in [3.63, 3.8) is 0 Å². The van der Waals surface area contributed by atoms with Crippen molar-refractivity contribution in [1.82, 2.24) is 10.3 Å². The Morgan fingerprint density at radius 3 is 2.79 bits per heavy atom. The lowest BCUT2D eigenvalue weighted by Gasteiger charge is -2.32. The van der Waals surface area contributed by atoms with E-state index >= 15 is 0 Å². The van der Waals surface area contributed by atoms with Crippen molar-refractivity contribution in [2.24, 2.45) is 0 Å². The summed E-state index contributed by atoms with van der Waals surface area (Å²) in [6.07, 6.45) is 5.69. The maximum Gasteiger partial charge on any atom is 0.252 e. The molecule has 1 aliphatic rings. The number of aromatic nitrogens is 1. The van der Waals surface area contributed by atoms with Crippen molar-refractivity contribution in [2.75, 3.05) is 6.54 Å². The Bertz CT molecular complexity index is 476. The van der Waals surface area contributed by atoms with Crippen LogP contribution in [0.2, 0.25) is 0 Å². The Hall–Kier alpha value is -1.01. The van der Waals surface area contributed by atoms with E-state index in [4.69, 9.17) is 0 Å². The molecule has 1 aromatic heterocycles. The second-order valence-corrected chi connectivity index (χ2v) is 5.82. The molecule has 6 heteroatoms. The molecule has 0 saturated heterocycles. The van der Waals surface area contributed by atoms with Gasteiger partial charge in [0.2, 0.25) is 5.95 Å². The molecule has 19 heavy (non-hydrogen) atoms. The summed E-state index contributed by atoms with van der Waals surface area (Å²) in [5.41, 5.74) is -0.536. The summed E-state index contributed by atoms with van der Waals surface area (Å²) in [7, 11) is 0. The van der Waals surface area contributed by atoms with Crippen LogP contribution >= 0.6 is 15.9 Å². The number of aliphatic hydroxyl groups is 1. The molecule has 0 radical (unpaired) electrons. The predicted molar refractivity (Wildman–Crippen MR) is 72.3 cm³/mol. The van der Waals surface area contributed by atoms with Crippen LogP contribution in [0.15, 0.2) is 16.7 Å². The third-order valence-corrected chi connectivity index (χ3v) is 3.98. The molecule has 1 fully saturated rings. The van der Waals surface area contributed by atoms with Crippen molar-refractivity contribution in [3.8, 4) is 0 Å². The molecule has 0 atom stereocenters. The van der Waals surface area contributed by atoms with Crippen LogP contribution in [0, 0.1) is 5.95 Å². The average Bonchev–Trinajstić information content (AvgIpc) is 2.40. The lowest BCUT2D eigenvalue weighted by molar-refractivity contribution is 0.00525. The fourth-order valence-corrected chi connectivity index (χ4v) is 2.63. The van der Waals surface area contributed by atoms with Gasteiger partial charge in [-0.15, -0.1) is 0 Å². The number of carbonyl (C=O) groups is 1. The zero-order valence-corrected chi connectivity index (χ0v) is 12.0. The molecular weight excluding hydrogens is 315 g/mol. The molecule has 1 aromatic rings. The first kappa shape index (κ1) is 14.4. The highest BCUT2D eigenvalue weighted by molar-refractivity contribution is 9.10. The van der Waals surface area contributed by atoms with Gasteiger partial charge in [0, 0.05) is 12.7 Å². The van der Waals surface area contributed by atoms with Crippen molar-refractivity contribution in [2.45, 2.75) is 37.7 Å². The molecule has 4 nitrogen and oxygen atoms in total. The number of amides is 1. The van der Waals surface area contributed by atoms with E-state index in [1.54, 1.807) is 0 Å². The van der Waals surface area contributed by atoms with Gasteiger partial charge in [-0.05, 0) is 34.8 Å². The Morgan fingerprint density at radius 2 is 2.16 bits per heavy atom. The normalized spacial score (nSPS) is 18.1. The highest BCUT2D eigenvalue weighted by Gasteiger charge is 2.29. The van der Waals surface area contributed by atoms with E-state index in [9.17, 15) is 14.3 Å². The maximum absolute atomic E-state index is 13.0. The number of halogens is 2. The van der Waals surface area contributed by atoms with Gasteiger partial charge >= 0.3 is 0 Å². The Labute approximate surface area is 119 Å². The number of pyridine rings is 1. The van der Waals surface area contributed by atoms with Gasteiger partial charge in [0.1, 0.15) is 0 Å². The van der Waals surface area contributed by atoms with Crippen molar-refractivity contribution < 1.29 is 14.3 Å². The fourth-order valence-electron chi connectivity index (χ4n) is 2.28. The molecule has 2 N–H and O–H groups in total. The average molecular weight is 331 g/mol. The Balaban J connectivity index is 1.95. The lowest BCUT2D eigenvalue weighted by Crippen LogP contribution is -2.44. The fraction of sp³-hybridized carbons (Fsp3) is 0.538. The molecule has 0 unspecified atom stereocenters. The van der Waals surface area contributed by atoms with Crippen molar-refractivity contribution in [3.05, 3.63) is 28.2 Å². The second kappa shape index (κ2) is 5.96. The SMILES string of the molecule is O=C(NCC1(O)CCCCC1)c1cnc(F)c(Br)c1. The van der Waals surface area contributed by atoms with Crippen LogP contribution in [0.3, 0.4) is 0 Å². The largest absolute Gasteiger partial charge is 0.388 e. The van der Waals surface area contributed by atoms with Crippen LogP contribution in [0.1, 0.15) is 42.5 Å².